The molecule has 7 heteroatoms. The van der Waals surface area contributed by atoms with Gasteiger partial charge < -0.3 is 20.5 Å². The molecule has 0 aliphatic rings. The van der Waals surface area contributed by atoms with Gasteiger partial charge in [0.2, 0.25) is 17.7 Å². The van der Waals surface area contributed by atoms with Crippen LogP contribution in [0.3, 0.4) is 0 Å². The number of nitrogens with one attached hydrogen (secondary N) is 3. The average molecular weight is 314 g/mol. The molecule has 1 heterocycles. The van der Waals surface area contributed by atoms with Crippen LogP contribution in [-0.4, -0.2) is 35.4 Å². The molecule has 0 saturated heterocycles. The van der Waals surface area contributed by atoms with E-state index in [1.54, 1.807) is 6.07 Å². The maximum Gasteiger partial charge on any atom is 0.243 e. The molecular weight excluding hydrogens is 296 g/mol. The first-order chi connectivity index (χ1) is 11.0. The Morgan fingerprint density at radius 3 is 2.35 bits per heavy atom. The summed E-state index contributed by atoms with van der Waals surface area (Å²) in [6.07, 6.45) is 3.81. The van der Waals surface area contributed by atoms with E-state index in [-0.39, 0.29) is 24.9 Å². The molecule has 1 aromatic heterocycles. The highest BCUT2D eigenvalue weighted by atomic mass is 16.2. The van der Waals surface area contributed by atoms with Gasteiger partial charge in [-0.25, -0.2) is 0 Å². The Morgan fingerprint density at radius 2 is 1.65 bits per heavy atom. The van der Waals surface area contributed by atoms with E-state index in [0.29, 0.717) is 5.69 Å². The summed E-state index contributed by atoms with van der Waals surface area (Å²) in [5.74, 6) is -1.06. The Labute approximate surface area is 133 Å². The number of rotatable bonds is 6. The number of benzene rings is 1. The molecule has 1 aromatic carbocycles. The lowest BCUT2D eigenvalue weighted by Crippen LogP contribution is -2.39. The van der Waals surface area contributed by atoms with Crippen LogP contribution in [0.4, 0.5) is 5.69 Å². The molecule has 0 fully saturated rings. The first-order valence-corrected chi connectivity index (χ1v) is 7.09. The summed E-state index contributed by atoms with van der Waals surface area (Å²) in [6, 6.07) is 11.2. The minimum absolute atomic E-state index is 0.147. The van der Waals surface area contributed by atoms with E-state index in [2.05, 4.69) is 16.0 Å². The third kappa shape index (κ3) is 5.31. The van der Waals surface area contributed by atoms with Gasteiger partial charge in [0.15, 0.2) is 0 Å². The first kappa shape index (κ1) is 16.3. The normalized spacial score (nSPS) is 9.96. The van der Waals surface area contributed by atoms with Crippen molar-refractivity contribution in [3.05, 3.63) is 48.8 Å². The van der Waals surface area contributed by atoms with Crippen LogP contribution in [-0.2, 0) is 14.4 Å². The summed E-state index contributed by atoms with van der Waals surface area (Å²) < 4.78 is 1.92. The second-order valence-corrected chi connectivity index (χ2v) is 4.88. The lowest BCUT2D eigenvalue weighted by molar-refractivity contribution is -0.126. The number of aromatic nitrogens is 1. The van der Waals surface area contributed by atoms with Gasteiger partial charge in [0.1, 0.15) is 0 Å². The van der Waals surface area contributed by atoms with Gasteiger partial charge in [-0.15, -0.1) is 0 Å². The van der Waals surface area contributed by atoms with Crippen molar-refractivity contribution in [3.8, 4) is 5.69 Å². The fourth-order valence-corrected chi connectivity index (χ4v) is 1.90. The van der Waals surface area contributed by atoms with Crippen molar-refractivity contribution in [2.45, 2.75) is 6.92 Å². The Kier molecular flexibility index (Phi) is 5.51. The van der Waals surface area contributed by atoms with Gasteiger partial charge >= 0.3 is 0 Å². The van der Waals surface area contributed by atoms with Crippen LogP contribution >= 0.6 is 0 Å². The minimum Gasteiger partial charge on any atom is -0.347 e. The number of hydrogen-bond acceptors (Lipinski definition) is 3. The number of hydrogen-bond donors (Lipinski definition) is 3. The van der Waals surface area contributed by atoms with E-state index in [9.17, 15) is 14.4 Å². The van der Waals surface area contributed by atoms with E-state index < -0.39 is 5.91 Å². The van der Waals surface area contributed by atoms with E-state index in [0.717, 1.165) is 5.69 Å². The van der Waals surface area contributed by atoms with Crippen molar-refractivity contribution in [1.82, 2.24) is 15.2 Å². The quantitative estimate of drug-likeness (QED) is 0.731. The fourth-order valence-electron chi connectivity index (χ4n) is 1.90. The summed E-state index contributed by atoms with van der Waals surface area (Å²) in [7, 11) is 0. The molecule has 2 rings (SSSR count). The Balaban J connectivity index is 1.85. The van der Waals surface area contributed by atoms with Crippen LogP contribution in [0.1, 0.15) is 6.92 Å². The molecular formula is C16H18N4O3. The van der Waals surface area contributed by atoms with Crippen LogP contribution in [0.5, 0.6) is 0 Å². The van der Waals surface area contributed by atoms with Crippen LogP contribution in [0.2, 0.25) is 0 Å². The van der Waals surface area contributed by atoms with Crippen molar-refractivity contribution in [2.24, 2.45) is 0 Å². The van der Waals surface area contributed by atoms with Gasteiger partial charge in [-0.05, 0) is 30.3 Å². The zero-order valence-corrected chi connectivity index (χ0v) is 12.7. The summed E-state index contributed by atoms with van der Waals surface area (Å²) in [5, 5.41) is 7.50. The largest absolute Gasteiger partial charge is 0.347 e. The molecule has 0 saturated carbocycles. The maximum atomic E-state index is 11.8. The van der Waals surface area contributed by atoms with Crippen molar-refractivity contribution in [2.75, 3.05) is 18.4 Å². The summed E-state index contributed by atoms with van der Waals surface area (Å²) in [6.45, 7) is 1.01. The highest BCUT2D eigenvalue weighted by Crippen LogP contribution is 2.14. The molecule has 23 heavy (non-hydrogen) atoms. The first-order valence-electron chi connectivity index (χ1n) is 7.09. The SMILES string of the molecule is CC(=O)NCC(=O)NCC(=O)Nc1cccc(-n2cccc2)c1. The smallest absolute Gasteiger partial charge is 0.243 e. The molecule has 7 nitrogen and oxygen atoms in total. The second-order valence-electron chi connectivity index (χ2n) is 4.88. The number of nitrogens with zero attached hydrogens (tertiary/aromatic N) is 1. The van der Waals surface area contributed by atoms with E-state index in [1.165, 1.54) is 6.92 Å². The number of carbonyl (C=O) groups is 3. The lowest BCUT2D eigenvalue weighted by Gasteiger charge is -2.09. The number of amides is 3. The summed E-state index contributed by atoms with van der Waals surface area (Å²) >= 11 is 0. The molecule has 0 aliphatic heterocycles. The minimum atomic E-state index is -0.420. The number of anilines is 1. The van der Waals surface area contributed by atoms with Gasteiger partial charge in [0.25, 0.3) is 0 Å². The van der Waals surface area contributed by atoms with Crippen LogP contribution < -0.4 is 16.0 Å². The Bertz CT molecular complexity index is 695. The lowest BCUT2D eigenvalue weighted by atomic mass is 10.2. The third-order valence-electron chi connectivity index (χ3n) is 2.98. The molecule has 2 aromatic rings. The fraction of sp³-hybridized carbons (Fsp3) is 0.188. The predicted molar refractivity (Wildman–Crippen MR) is 86.1 cm³/mol. The van der Waals surface area contributed by atoms with E-state index in [4.69, 9.17) is 0 Å². The summed E-state index contributed by atoms with van der Waals surface area (Å²) in [5.41, 5.74) is 1.56. The van der Waals surface area contributed by atoms with Crippen molar-refractivity contribution in [1.29, 1.82) is 0 Å². The van der Waals surface area contributed by atoms with E-state index in [1.807, 2.05) is 47.3 Å². The molecule has 0 unspecified atom stereocenters. The molecule has 0 spiro atoms. The third-order valence-corrected chi connectivity index (χ3v) is 2.98. The Hall–Kier alpha value is -3.09. The van der Waals surface area contributed by atoms with Gasteiger partial charge in [-0.1, -0.05) is 6.07 Å². The molecule has 0 bridgehead atoms. The van der Waals surface area contributed by atoms with Crippen LogP contribution in [0.25, 0.3) is 5.69 Å². The highest BCUT2D eigenvalue weighted by Gasteiger charge is 2.07. The van der Waals surface area contributed by atoms with E-state index >= 15 is 0 Å². The van der Waals surface area contributed by atoms with Gasteiger partial charge in [-0.2, -0.15) is 0 Å². The molecule has 0 aliphatic carbocycles. The number of carbonyl (C=O) groups excluding carboxylic acids is 3. The molecule has 120 valence electrons. The van der Waals surface area contributed by atoms with Crippen molar-refractivity contribution >= 4 is 23.4 Å². The Morgan fingerprint density at radius 1 is 0.957 bits per heavy atom. The molecule has 0 radical (unpaired) electrons. The standard InChI is InChI=1S/C16H18N4O3/c1-12(21)17-10-15(22)18-11-16(23)19-13-5-4-6-14(9-13)20-7-2-3-8-20/h2-9H,10-11H2,1H3,(H,17,21)(H,18,22)(H,19,23). The zero-order valence-electron chi connectivity index (χ0n) is 12.7. The van der Waals surface area contributed by atoms with Gasteiger partial charge in [0.05, 0.1) is 13.1 Å². The molecule has 3 N–H and O–H groups in total. The van der Waals surface area contributed by atoms with Gasteiger partial charge in [0, 0.05) is 30.7 Å². The second kappa shape index (κ2) is 7.79. The molecule has 0 atom stereocenters. The van der Waals surface area contributed by atoms with Crippen molar-refractivity contribution in [3.63, 3.8) is 0 Å². The highest BCUT2D eigenvalue weighted by molar-refractivity contribution is 5.95. The predicted octanol–water partition coefficient (Wildman–Crippen LogP) is 0.668. The van der Waals surface area contributed by atoms with Gasteiger partial charge in [-0.3, -0.25) is 14.4 Å². The topological polar surface area (TPSA) is 92.2 Å². The van der Waals surface area contributed by atoms with Crippen LogP contribution in [0.15, 0.2) is 48.8 Å². The summed E-state index contributed by atoms with van der Waals surface area (Å²) in [4.78, 5) is 33.9. The zero-order chi connectivity index (χ0) is 16.7. The average Bonchev–Trinajstić information content (AvgIpc) is 3.05. The molecule has 3 amide bonds. The maximum absolute atomic E-state index is 11.8. The monoisotopic (exact) mass is 314 g/mol. The van der Waals surface area contributed by atoms with Crippen molar-refractivity contribution < 1.29 is 14.4 Å². The van der Waals surface area contributed by atoms with Crippen LogP contribution in [0, 0.1) is 0 Å².